The van der Waals surface area contributed by atoms with Gasteiger partial charge in [0.1, 0.15) is 5.82 Å². The van der Waals surface area contributed by atoms with Crippen LogP contribution in [0.2, 0.25) is 0 Å². The third-order valence-corrected chi connectivity index (χ3v) is 6.69. The largest absolute Gasteiger partial charge is 0.493 e. The summed E-state index contributed by atoms with van der Waals surface area (Å²) in [6.07, 6.45) is 1.50. The van der Waals surface area contributed by atoms with Crippen molar-refractivity contribution in [1.82, 2.24) is 9.66 Å². The van der Waals surface area contributed by atoms with Crippen molar-refractivity contribution >= 4 is 60.6 Å². The third-order valence-electron chi connectivity index (χ3n) is 5.74. The molecule has 0 radical (unpaired) electrons. The maximum atomic E-state index is 13.5. The maximum absolute atomic E-state index is 13.5. The Balaban J connectivity index is 1.71. The number of aryl methyl sites for hydroxylation is 1. The first kappa shape index (κ1) is 28.5. The zero-order valence-corrected chi connectivity index (χ0v) is 25.4. The van der Waals surface area contributed by atoms with E-state index in [1.807, 2.05) is 58.0 Å². The second-order valence-corrected chi connectivity index (χ2v) is 11.8. The first-order valence-corrected chi connectivity index (χ1v) is 13.7. The van der Waals surface area contributed by atoms with E-state index in [1.165, 1.54) is 18.0 Å². The van der Waals surface area contributed by atoms with E-state index in [4.69, 9.17) is 14.5 Å². The summed E-state index contributed by atoms with van der Waals surface area (Å²) in [5, 5.41) is 7.80. The van der Waals surface area contributed by atoms with E-state index >= 15 is 0 Å². The number of benzene rings is 3. The minimum Gasteiger partial charge on any atom is -0.493 e. The van der Waals surface area contributed by atoms with Gasteiger partial charge in [-0.1, -0.05) is 70.3 Å². The predicted molar refractivity (Wildman–Crippen MR) is 161 cm³/mol. The molecule has 0 fully saturated rings. The van der Waals surface area contributed by atoms with E-state index < -0.39 is 5.41 Å². The Morgan fingerprint density at radius 1 is 1.08 bits per heavy atom. The van der Waals surface area contributed by atoms with Crippen LogP contribution >= 0.6 is 31.9 Å². The molecule has 3 aromatic carbocycles. The predicted octanol–water partition coefficient (Wildman–Crippen LogP) is 6.44. The Morgan fingerprint density at radius 2 is 1.79 bits per heavy atom. The minimum absolute atomic E-state index is 0.258. The van der Waals surface area contributed by atoms with E-state index in [-0.39, 0.29) is 18.1 Å². The molecule has 4 rings (SSSR count). The number of methoxy groups -OCH3 is 1. The molecule has 10 heteroatoms. The summed E-state index contributed by atoms with van der Waals surface area (Å²) >= 11 is 6.91. The zero-order valence-electron chi connectivity index (χ0n) is 22.2. The van der Waals surface area contributed by atoms with Crippen LogP contribution in [0.1, 0.15) is 37.7 Å². The van der Waals surface area contributed by atoms with Crippen LogP contribution in [0.3, 0.4) is 0 Å². The van der Waals surface area contributed by atoms with Crippen LogP contribution < -0.4 is 20.3 Å². The molecular weight excluding hydrogens is 628 g/mol. The highest BCUT2D eigenvalue weighted by Crippen LogP contribution is 2.34. The van der Waals surface area contributed by atoms with Crippen LogP contribution in [-0.2, 0) is 10.2 Å². The molecule has 0 bridgehead atoms. The van der Waals surface area contributed by atoms with Gasteiger partial charge in [0.15, 0.2) is 18.1 Å². The lowest BCUT2D eigenvalue weighted by Gasteiger charge is -2.21. The van der Waals surface area contributed by atoms with E-state index in [1.54, 1.807) is 24.3 Å². The number of fused-ring (bicyclic) bond motifs is 1. The fourth-order valence-electron chi connectivity index (χ4n) is 3.82. The van der Waals surface area contributed by atoms with Gasteiger partial charge in [-0.25, -0.2) is 4.98 Å². The van der Waals surface area contributed by atoms with Crippen molar-refractivity contribution in [1.29, 1.82) is 0 Å². The Morgan fingerprint density at radius 3 is 2.46 bits per heavy atom. The van der Waals surface area contributed by atoms with Crippen molar-refractivity contribution in [3.05, 3.63) is 90.8 Å². The summed E-state index contributed by atoms with van der Waals surface area (Å²) in [4.78, 5) is 30.9. The number of hydrogen-bond donors (Lipinski definition) is 1. The van der Waals surface area contributed by atoms with Crippen LogP contribution in [-0.4, -0.2) is 35.5 Å². The number of carbonyl (C=O) groups excluding carboxylic acids is 1. The van der Waals surface area contributed by atoms with Gasteiger partial charge in [0, 0.05) is 25.6 Å². The number of aromatic nitrogens is 2. The molecule has 0 aliphatic rings. The second kappa shape index (κ2) is 11.7. The average Bonchev–Trinajstić information content (AvgIpc) is 2.88. The number of carbonyl (C=O) groups is 1. The number of rotatable bonds is 7. The smallest absolute Gasteiger partial charge is 0.282 e. The lowest BCUT2D eigenvalue weighted by molar-refractivity contribution is -0.118. The molecule has 202 valence electrons. The van der Waals surface area contributed by atoms with Crippen LogP contribution in [0.5, 0.6) is 11.5 Å². The van der Waals surface area contributed by atoms with Gasteiger partial charge in [0.05, 0.1) is 24.2 Å². The summed E-state index contributed by atoms with van der Waals surface area (Å²) in [6.45, 7) is 7.62. The van der Waals surface area contributed by atoms with Gasteiger partial charge in [-0.05, 0) is 49.4 Å². The lowest BCUT2D eigenvalue weighted by atomic mass is 9.95. The molecule has 0 aliphatic carbocycles. The zero-order chi connectivity index (χ0) is 28.3. The molecule has 0 unspecified atom stereocenters. The number of halogens is 2. The molecule has 0 aliphatic heterocycles. The van der Waals surface area contributed by atoms with Gasteiger partial charge in [0.2, 0.25) is 0 Å². The molecule has 1 N–H and O–H groups in total. The summed E-state index contributed by atoms with van der Waals surface area (Å²) in [7, 11) is 1.51. The Labute approximate surface area is 243 Å². The maximum Gasteiger partial charge on any atom is 0.282 e. The monoisotopic (exact) mass is 654 g/mol. The van der Waals surface area contributed by atoms with Gasteiger partial charge in [-0.15, -0.1) is 0 Å². The molecule has 1 heterocycles. The molecular formula is C29H28Br2N4O4. The number of ether oxygens (including phenoxy) is 2. The molecule has 0 atom stereocenters. The topological polar surface area (TPSA) is 94.8 Å². The van der Waals surface area contributed by atoms with Gasteiger partial charge < -0.3 is 14.8 Å². The summed E-state index contributed by atoms with van der Waals surface area (Å²) in [5.41, 5.74) is 2.08. The Kier molecular flexibility index (Phi) is 8.56. The second-order valence-electron chi connectivity index (χ2n) is 9.94. The SMILES string of the molecule is COc1cc(Br)cc(C=Nn2c(C(C)(C)C)nc3ccc(Br)cc3c2=O)c1OCC(=O)Nc1ccc(C)cc1. The Hall–Kier alpha value is -3.50. The summed E-state index contributed by atoms with van der Waals surface area (Å²) in [5.74, 6) is 0.881. The fourth-order valence-corrected chi connectivity index (χ4v) is 4.64. The molecule has 1 amide bonds. The molecule has 1 aromatic heterocycles. The molecule has 4 aromatic rings. The number of nitrogens with zero attached hydrogens (tertiary/aromatic N) is 3. The average molecular weight is 656 g/mol. The molecule has 0 saturated heterocycles. The van der Waals surface area contributed by atoms with Crippen LogP contribution in [0.25, 0.3) is 10.9 Å². The van der Waals surface area contributed by atoms with Gasteiger partial charge >= 0.3 is 0 Å². The standard InChI is InChI=1S/C29H28Br2N4O4/c1-17-6-9-21(10-7-17)33-25(36)16-39-26-18(12-20(31)14-24(26)38-5)15-32-35-27(37)22-13-19(30)8-11-23(22)34-28(35)29(2,3)4/h6-15H,16H2,1-5H3,(H,33,36). The van der Waals surface area contributed by atoms with Crippen molar-refractivity contribution in [2.24, 2.45) is 5.10 Å². The van der Waals surface area contributed by atoms with Crippen molar-refractivity contribution < 1.29 is 14.3 Å². The first-order valence-electron chi connectivity index (χ1n) is 12.1. The number of amides is 1. The van der Waals surface area contributed by atoms with Crippen molar-refractivity contribution in [2.45, 2.75) is 33.1 Å². The van der Waals surface area contributed by atoms with Crippen molar-refractivity contribution in [3.63, 3.8) is 0 Å². The highest BCUT2D eigenvalue weighted by molar-refractivity contribution is 9.10. The number of anilines is 1. The third kappa shape index (κ3) is 6.75. The Bertz CT molecular complexity index is 1620. The summed E-state index contributed by atoms with van der Waals surface area (Å²) in [6, 6.07) is 16.4. The fraction of sp³-hybridized carbons (Fsp3) is 0.241. The van der Waals surface area contributed by atoms with Crippen LogP contribution in [0, 0.1) is 6.92 Å². The van der Waals surface area contributed by atoms with E-state index in [0.29, 0.717) is 43.9 Å². The molecule has 8 nitrogen and oxygen atoms in total. The minimum atomic E-state index is -0.472. The number of hydrogen-bond acceptors (Lipinski definition) is 6. The summed E-state index contributed by atoms with van der Waals surface area (Å²) < 4.78 is 14.2. The van der Waals surface area contributed by atoms with E-state index in [0.717, 1.165) is 10.0 Å². The lowest BCUT2D eigenvalue weighted by Crippen LogP contribution is -2.29. The normalized spacial score (nSPS) is 11.7. The van der Waals surface area contributed by atoms with Gasteiger partial charge in [0.25, 0.3) is 11.5 Å². The number of nitrogens with one attached hydrogen (secondary N) is 1. The van der Waals surface area contributed by atoms with Crippen LogP contribution in [0.4, 0.5) is 5.69 Å². The van der Waals surface area contributed by atoms with Gasteiger partial charge in [-0.3, -0.25) is 9.59 Å². The van der Waals surface area contributed by atoms with Crippen molar-refractivity contribution in [3.8, 4) is 11.5 Å². The van der Waals surface area contributed by atoms with Gasteiger partial charge in [-0.2, -0.15) is 9.78 Å². The first-order chi connectivity index (χ1) is 18.5. The molecule has 0 saturated carbocycles. The van der Waals surface area contributed by atoms with E-state index in [9.17, 15) is 9.59 Å². The highest BCUT2D eigenvalue weighted by atomic mass is 79.9. The molecule has 39 heavy (non-hydrogen) atoms. The highest BCUT2D eigenvalue weighted by Gasteiger charge is 2.23. The van der Waals surface area contributed by atoms with E-state index in [2.05, 4.69) is 42.3 Å². The molecule has 0 spiro atoms. The van der Waals surface area contributed by atoms with Crippen molar-refractivity contribution in [2.75, 3.05) is 19.0 Å². The quantitative estimate of drug-likeness (QED) is 0.231. The van der Waals surface area contributed by atoms with Crippen LogP contribution in [0.15, 0.2) is 73.4 Å².